The second kappa shape index (κ2) is 5.99. The van der Waals surface area contributed by atoms with Crippen LogP contribution in [0.3, 0.4) is 0 Å². The van der Waals surface area contributed by atoms with E-state index in [0.29, 0.717) is 16.3 Å². The number of halogens is 1. The molecule has 0 saturated carbocycles. The number of sulfonamides is 1. The second-order valence-electron chi connectivity index (χ2n) is 5.01. The summed E-state index contributed by atoms with van der Waals surface area (Å²) in [5.41, 5.74) is 1.28. The van der Waals surface area contributed by atoms with Gasteiger partial charge in [-0.15, -0.1) is 0 Å². The molecule has 0 aromatic heterocycles. The van der Waals surface area contributed by atoms with Gasteiger partial charge in [0.1, 0.15) is 0 Å². The molecule has 0 saturated heterocycles. The Kier molecular flexibility index (Phi) is 4.05. The molecule has 112 valence electrons. The molecule has 0 fully saturated rings. The predicted molar refractivity (Wildman–Crippen MR) is 91.6 cm³/mol. The Morgan fingerprint density at radius 3 is 2.32 bits per heavy atom. The Hall–Kier alpha value is -2.04. The quantitative estimate of drug-likeness (QED) is 0.768. The maximum Gasteiger partial charge on any atom is 0.236 e. The van der Waals surface area contributed by atoms with Gasteiger partial charge in [0.15, 0.2) is 0 Å². The maximum absolute atomic E-state index is 12.4. The first kappa shape index (κ1) is 14.9. The van der Waals surface area contributed by atoms with Crippen LogP contribution in [0.15, 0.2) is 66.7 Å². The summed E-state index contributed by atoms with van der Waals surface area (Å²) in [5, 5.41) is 2.46. The summed E-state index contributed by atoms with van der Waals surface area (Å²) in [6.07, 6.45) is 0. The zero-order chi connectivity index (χ0) is 15.6. The van der Waals surface area contributed by atoms with Crippen molar-refractivity contribution in [3.05, 3.63) is 77.3 Å². The lowest BCUT2D eigenvalue weighted by Crippen LogP contribution is -2.15. The third-order valence-electron chi connectivity index (χ3n) is 3.33. The first-order valence-electron chi connectivity index (χ1n) is 6.76. The summed E-state index contributed by atoms with van der Waals surface area (Å²) in [6.45, 7) is 0. The largest absolute Gasteiger partial charge is 0.283 e. The van der Waals surface area contributed by atoms with Gasteiger partial charge in [0.2, 0.25) is 10.0 Å². The minimum absolute atomic E-state index is 0.0899. The van der Waals surface area contributed by atoms with Crippen LogP contribution in [0.2, 0.25) is 5.02 Å². The number of fused-ring (bicyclic) bond motifs is 1. The summed E-state index contributed by atoms with van der Waals surface area (Å²) < 4.78 is 27.4. The van der Waals surface area contributed by atoms with Crippen molar-refractivity contribution in [1.82, 2.24) is 0 Å². The molecule has 3 rings (SSSR count). The summed E-state index contributed by atoms with van der Waals surface area (Å²) in [7, 11) is -3.49. The molecular formula is C17H14ClNO2S. The topological polar surface area (TPSA) is 46.2 Å². The van der Waals surface area contributed by atoms with Crippen molar-refractivity contribution in [3.63, 3.8) is 0 Å². The van der Waals surface area contributed by atoms with Gasteiger partial charge in [0.25, 0.3) is 0 Å². The van der Waals surface area contributed by atoms with Crippen molar-refractivity contribution in [2.45, 2.75) is 5.75 Å². The van der Waals surface area contributed by atoms with Crippen LogP contribution in [0.1, 0.15) is 5.56 Å². The maximum atomic E-state index is 12.4. The Morgan fingerprint density at radius 2 is 1.55 bits per heavy atom. The Labute approximate surface area is 134 Å². The first-order valence-corrected chi connectivity index (χ1v) is 8.79. The van der Waals surface area contributed by atoms with Gasteiger partial charge in [-0.1, -0.05) is 60.1 Å². The van der Waals surface area contributed by atoms with Crippen LogP contribution >= 0.6 is 11.6 Å². The molecule has 22 heavy (non-hydrogen) atoms. The first-order chi connectivity index (χ1) is 10.5. The highest BCUT2D eigenvalue weighted by Crippen LogP contribution is 2.24. The molecular weight excluding hydrogens is 318 g/mol. The summed E-state index contributed by atoms with van der Waals surface area (Å²) in [5.74, 6) is -0.0899. The van der Waals surface area contributed by atoms with E-state index in [4.69, 9.17) is 11.6 Å². The van der Waals surface area contributed by atoms with Crippen LogP contribution in [0.5, 0.6) is 0 Å². The Balaban J connectivity index is 1.88. The number of hydrogen-bond acceptors (Lipinski definition) is 2. The number of rotatable bonds is 4. The molecule has 0 radical (unpaired) electrons. The summed E-state index contributed by atoms with van der Waals surface area (Å²) in [6, 6.07) is 20.0. The monoisotopic (exact) mass is 331 g/mol. The molecule has 0 aliphatic heterocycles. The van der Waals surface area contributed by atoms with Crippen LogP contribution in [0, 0.1) is 0 Å². The van der Waals surface area contributed by atoms with Gasteiger partial charge in [-0.25, -0.2) is 8.42 Å². The van der Waals surface area contributed by atoms with E-state index < -0.39 is 10.0 Å². The lowest BCUT2D eigenvalue weighted by molar-refractivity contribution is 0.600. The van der Waals surface area contributed by atoms with E-state index in [1.165, 1.54) is 0 Å². The second-order valence-corrected chi connectivity index (χ2v) is 7.17. The van der Waals surface area contributed by atoms with Crippen molar-refractivity contribution in [2.24, 2.45) is 0 Å². The van der Waals surface area contributed by atoms with E-state index in [0.717, 1.165) is 10.8 Å². The molecule has 3 nitrogen and oxygen atoms in total. The molecule has 0 spiro atoms. The lowest BCUT2D eigenvalue weighted by Gasteiger charge is -2.11. The third kappa shape index (κ3) is 3.40. The van der Waals surface area contributed by atoms with Gasteiger partial charge in [-0.05, 0) is 29.1 Å². The molecule has 3 aromatic carbocycles. The molecule has 0 aliphatic carbocycles. The van der Waals surface area contributed by atoms with Crippen LogP contribution in [-0.2, 0) is 15.8 Å². The fourth-order valence-corrected chi connectivity index (χ4v) is 3.66. The SMILES string of the molecule is O=S(=O)(Cc1ccc(Cl)cc1)Nc1cccc2ccccc12. The van der Waals surface area contributed by atoms with Crippen LogP contribution in [-0.4, -0.2) is 8.42 Å². The normalized spacial score (nSPS) is 11.5. The molecule has 0 atom stereocenters. The van der Waals surface area contributed by atoms with E-state index in [1.807, 2.05) is 36.4 Å². The van der Waals surface area contributed by atoms with Gasteiger partial charge >= 0.3 is 0 Å². The molecule has 5 heteroatoms. The average Bonchev–Trinajstić information content (AvgIpc) is 2.49. The third-order valence-corrected chi connectivity index (χ3v) is 4.82. The molecule has 0 amide bonds. The van der Waals surface area contributed by atoms with Crippen molar-refractivity contribution in [3.8, 4) is 0 Å². The molecule has 0 unspecified atom stereocenters. The highest BCUT2D eigenvalue weighted by Gasteiger charge is 2.13. The Bertz CT molecular complexity index is 900. The minimum atomic E-state index is -3.49. The molecule has 0 bridgehead atoms. The highest BCUT2D eigenvalue weighted by atomic mass is 35.5. The molecule has 3 aromatic rings. The van der Waals surface area contributed by atoms with Crippen molar-refractivity contribution in [2.75, 3.05) is 4.72 Å². The van der Waals surface area contributed by atoms with Crippen LogP contribution in [0.25, 0.3) is 10.8 Å². The van der Waals surface area contributed by atoms with Crippen molar-refractivity contribution < 1.29 is 8.42 Å². The van der Waals surface area contributed by atoms with E-state index in [2.05, 4.69) is 4.72 Å². The zero-order valence-electron chi connectivity index (χ0n) is 11.7. The predicted octanol–water partition coefficient (Wildman–Crippen LogP) is 4.44. The van der Waals surface area contributed by atoms with E-state index >= 15 is 0 Å². The number of hydrogen-bond donors (Lipinski definition) is 1. The van der Waals surface area contributed by atoms with E-state index in [1.54, 1.807) is 30.3 Å². The lowest BCUT2D eigenvalue weighted by atomic mass is 10.1. The van der Waals surface area contributed by atoms with Gasteiger partial charge < -0.3 is 0 Å². The fraction of sp³-hybridized carbons (Fsp3) is 0.0588. The number of nitrogens with one attached hydrogen (secondary N) is 1. The average molecular weight is 332 g/mol. The van der Waals surface area contributed by atoms with Gasteiger partial charge in [-0.2, -0.15) is 0 Å². The van der Waals surface area contributed by atoms with Gasteiger partial charge in [0, 0.05) is 10.4 Å². The van der Waals surface area contributed by atoms with Gasteiger partial charge in [0.05, 0.1) is 11.4 Å². The van der Waals surface area contributed by atoms with Crippen LogP contribution < -0.4 is 4.72 Å². The van der Waals surface area contributed by atoms with Crippen molar-refractivity contribution >= 4 is 38.1 Å². The number of benzene rings is 3. The smallest absolute Gasteiger partial charge is 0.236 e. The van der Waals surface area contributed by atoms with E-state index in [-0.39, 0.29) is 5.75 Å². The summed E-state index contributed by atoms with van der Waals surface area (Å²) in [4.78, 5) is 0. The van der Waals surface area contributed by atoms with Gasteiger partial charge in [-0.3, -0.25) is 4.72 Å². The fourth-order valence-electron chi connectivity index (χ4n) is 2.32. The molecule has 1 N–H and O–H groups in total. The van der Waals surface area contributed by atoms with E-state index in [9.17, 15) is 8.42 Å². The molecule has 0 aliphatic rings. The Morgan fingerprint density at radius 1 is 0.864 bits per heavy atom. The minimum Gasteiger partial charge on any atom is -0.283 e. The zero-order valence-corrected chi connectivity index (χ0v) is 13.2. The standard InChI is InChI=1S/C17H14ClNO2S/c18-15-10-8-13(9-11-15)12-22(20,21)19-17-7-3-5-14-4-1-2-6-16(14)17/h1-11,19H,12H2. The number of anilines is 1. The van der Waals surface area contributed by atoms with Crippen LogP contribution in [0.4, 0.5) is 5.69 Å². The highest BCUT2D eigenvalue weighted by molar-refractivity contribution is 7.91. The summed E-state index contributed by atoms with van der Waals surface area (Å²) >= 11 is 5.81. The molecule has 0 heterocycles. The van der Waals surface area contributed by atoms with Crippen molar-refractivity contribution in [1.29, 1.82) is 0 Å².